The summed E-state index contributed by atoms with van der Waals surface area (Å²) in [6.07, 6.45) is 2.85. The van der Waals surface area contributed by atoms with E-state index < -0.39 is 0 Å². The lowest BCUT2D eigenvalue weighted by molar-refractivity contribution is -0.124. The summed E-state index contributed by atoms with van der Waals surface area (Å²) in [6.45, 7) is 0.637. The number of hydrogen-bond donors (Lipinski definition) is 1. The highest BCUT2D eigenvalue weighted by Crippen LogP contribution is 2.28. The van der Waals surface area contributed by atoms with Crippen LogP contribution >= 0.6 is 27.5 Å². The van der Waals surface area contributed by atoms with Crippen LogP contribution in [-0.2, 0) is 9.53 Å². The molecule has 1 atom stereocenters. The predicted octanol–water partition coefficient (Wildman–Crippen LogP) is 2.62. The number of pyridine rings is 1. The van der Waals surface area contributed by atoms with Crippen LogP contribution in [0.1, 0.15) is 12.8 Å². The first-order chi connectivity index (χ1) is 7.68. The number of amides is 1. The minimum atomic E-state index is -0.378. The highest BCUT2D eigenvalue weighted by molar-refractivity contribution is 9.10. The van der Waals surface area contributed by atoms with Gasteiger partial charge >= 0.3 is 0 Å². The third kappa shape index (κ3) is 2.53. The first-order valence-corrected chi connectivity index (χ1v) is 6.08. The van der Waals surface area contributed by atoms with Crippen LogP contribution in [0.3, 0.4) is 0 Å². The van der Waals surface area contributed by atoms with Crippen LogP contribution in [0.2, 0.25) is 5.02 Å². The monoisotopic (exact) mass is 304 g/mol. The second-order valence-corrected chi connectivity index (χ2v) is 4.68. The Morgan fingerprint density at radius 1 is 1.69 bits per heavy atom. The number of nitrogens with zero attached hydrogens (tertiary/aromatic N) is 1. The van der Waals surface area contributed by atoms with Crippen LogP contribution in [0, 0.1) is 0 Å². The number of hydrogen-bond acceptors (Lipinski definition) is 3. The van der Waals surface area contributed by atoms with Gasteiger partial charge < -0.3 is 10.1 Å². The number of rotatable bonds is 2. The predicted molar refractivity (Wildman–Crippen MR) is 64.6 cm³/mol. The standard InChI is InChI=1S/C10H10BrClN2O2/c11-6-3-4-13-9(8(6)12)14-10(15)7-2-1-5-16-7/h3-4,7H,1-2,5H2,(H,13,14,15)/t7-/m1/s1. The number of ether oxygens (including phenoxy) is 1. The van der Waals surface area contributed by atoms with Crippen molar-refractivity contribution >= 4 is 39.3 Å². The Balaban J connectivity index is 2.08. The fraction of sp³-hybridized carbons (Fsp3) is 0.400. The largest absolute Gasteiger partial charge is 0.368 e. The van der Waals surface area contributed by atoms with Crippen LogP contribution in [0.15, 0.2) is 16.7 Å². The number of anilines is 1. The molecular weight excluding hydrogens is 295 g/mol. The Morgan fingerprint density at radius 2 is 2.50 bits per heavy atom. The second kappa shape index (κ2) is 5.12. The quantitative estimate of drug-likeness (QED) is 0.914. The highest BCUT2D eigenvalue weighted by atomic mass is 79.9. The van der Waals surface area contributed by atoms with E-state index in [1.165, 1.54) is 0 Å². The molecule has 2 rings (SSSR count). The summed E-state index contributed by atoms with van der Waals surface area (Å²) in [5.74, 6) is 0.168. The number of carbonyl (C=O) groups is 1. The molecule has 1 fully saturated rings. The molecule has 0 radical (unpaired) electrons. The summed E-state index contributed by atoms with van der Waals surface area (Å²) >= 11 is 9.24. The summed E-state index contributed by atoms with van der Waals surface area (Å²) in [7, 11) is 0. The Morgan fingerprint density at radius 3 is 3.19 bits per heavy atom. The van der Waals surface area contributed by atoms with Crippen molar-refractivity contribution in [2.24, 2.45) is 0 Å². The molecule has 2 heterocycles. The maximum Gasteiger partial charge on any atom is 0.254 e. The molecule has 0 saturated carbocycles. The van der Waals surface area contributed by atoms with Gasteiger partial charge in [0.25, 0.3) is 5.91 Å². The molecular formula is C10H10BrClN2O2. The van der Waals surface area contributed by atoms with E-state index >= 15 is 0 Å². The molecule has 0 spiro atoms. The Kier molecular flexibility index (Phi) is 3.78. The average molecular weight is 306 g/mol. The molecule has 1 aliphatic heterocycles. The zero-order valence-electron chi connectivity index (χ0n) is 8.37. The van der Waals surface area contributed by atoms with Gasteiger partial charge in [0.05, 0.1) is 5.02 Å². The van der Waals surface area contributed by atoms with Crippen LogP contribution in [-0.4, -0.2) is 23.6 Å². The number of aromatic nitrogens is 1. The molecule has 16 heavy (non-hydrogen) atoms. The molecule has 1 aliphatic rings. The van der Waals surface area contributed by atoms with E-state index in [2.05, 4.69) is 26.2 Å². The normalized spacial score (nSPS) is 19.8. The van der Waals surface area contributed by atoms with Gasteiger partial charge in [0.1, 0.15) is 6.10 Å². The maximum absolute atomic E-state index is 11.7. The number of nitrogens with one attached hydrogen (secondary N) is 1. The highest BCUT2D eigenvalue weighted by Gasteiger charge is 2.24. The molecule has 0 aliphatic carbocycles. The van der Waals surface area contributed by atoms with Crippen LogP contribution in [0.25, 0.3) is 0 Å². The average Bonchev–Trinajstić information content (AvgIpc) is 2.78. The molecule has 1 saturated heterocycles. The Bertz CT molecular complexity index is 408. The SMILES string of the molecule is O=C(Nc1nccc(Br)c1Cl)[C@H]1CCCO1. The first kappa shape index (κ1) is 11.8. The second-order valence-electron chi connectivity index (χ2n) is 3.45. The van der Waals surface area contributed by atoms with Crippen molar-refractivity contribution in [1.82, 2.24) is 4.98 Å². The molecule has 0 bridgehead atoms. The van der Waals surface area contributed by atoms with E-state index in [1.54, 1.807) is 12.3 Å². The lowest BCUT2D eigenvalue weighted by Crippen LogP contribution is -2.27. The van der Waals surface area contributed by atoms with Gasteiger partial charge in [-0.2, -0.15) is 0 Å². The minimum absolute atomic E-state index is 0.190. The molecule has 6 heteroatoms. The first-order valence-electron chi connectivity index (χ1n) is 4.91. The van der Waals surface area contributed by atoms with Gasteiger partial charge in [0.2, 0.25) is 0 Å². The number of carbonyl (C=O) groups excluding carboxylic acids is 1. The van der Waals surface area contributed by atoms with Crippen molar-refractivity contribution in [3.63, 3.8) is 0 Å². The molecule has 1 aromatic rings. The van der Waals surface area contributed by atoms with Crippen molar-refractivity contribution in [2.75, 3.05) is 11.9 Å². The maximum atomic E-state index is 11.7. The minimum Gasteiger partial charge on any atom is -0.368 e. The molecule has 0 unspecified atom stereocenters. The van der Waals surface area contributed by atoms with E-state index in [-0.39, 0.29) is 12.0 Å². The van der Waals surface area contributed by atoms with E-state index in [0.717, 1.165) is 12.8 Å². The van der Waals surface area contributed by atoms with Gasteiger partial charge in [0.15, 0.2) is 5.82 Å². The molecule has 0 aromatic carbocycles. The molecule has 1 N–H and O–H groups in total. The van der Waals surface area contributed by atoms with Crippen molar-refractivity contribution in [3.8, 4) is 0 Å². The summed E-state index contributed by atoms with van der Waals surface area (Å²) < 4.78 is 5.96. The summed E-state index contributed by atoms with van der Waals surface area (Å²) in [6, 6.07) is 1.71. The van der Waals surface area contributed by atoms with Gasteiger partial charge in [-0.25, -0.2) is 4.98 Å². The molecule has 86 valence electrons. The van der Waals surface area contributed by atoms with Gasteiger partial charge in [0, 0.05) is 17.3 Å². The van der Waals surface area contributed by atoms with E-state index in [0.29, 0.717) is 21.9 Å². The summed E-state index contributed by atoms with van der Waals surface area (Å²) in [4.78, 5) is 15.7. The number of halogens is 2. The van der Waals surface area contributed by atoms with Crippen molar-refractivity contribution < 1.29 is 9.53 Å². The molecule has 1 amide bonds. The van der Waals surface area contributed by atoms with Gasteiger partial charge in [-0.1, -0.05) is 11.6 Å². The van der Waals surface area contributed by atoms with E-state index in [9.17, 15) is 4.79 Å². The van der Waals surface area contributed by atoms with Crippen molar-refractivity contribution in [3.05, 3.63) is 21.8 Å². The smallest absolute Gasteiger partial charge is 0.254 e. The Labute approximate surface area is 106 Å². The van der Waals surface area contributed by atoms with Crippen molar-refractivity contribution in [2.45, 2.75) is 18.9 Å². The van der Waals surface area contributed by atoms with E-state index in [1.807, 2.05) is 0 Å². The van der Waals surface area contributed by atoms with Crippen LogP contribution in [0.4, 0.5) is 5.82 Å². The van der Waals surface area contributed by atoms with Crippen LogP contribution in [0.5, 0.6) is 0 Å². The molecule has 1 aromatic heterocycles. The van der Waals surface area contributed by atoms with Crippen molar-refractivity contribution in [1.29, 1.82) is 0 Å². The summed E-state index contributed by atoms with van der Waals surface area (Å²) in [5, 5.41) is 3.05. The topological polar surface area (TPSA) is 51.2 Å². The zero-order chi connectivity index (χ0) is 11.5. The lowest BCUT2D eigenvalue weighted by Gasteiger charge is -2.11. The third-order valence-electron chi connectivity index (χ3n) is 2.31. The molecule has 4 nitrogen and oxygen atoms in total. The van der Waals surface area contributed by atoms with E-state index in [4.69, 9.17) is 16.3 Å². The third-order valence-corrected chi connectivity index (χ3v) is 3.58. The lowest BCUT2D eigenvalue weighted by atomic mass is 10.2. The summed E-state index contributed by atoms with van der Waals surface area (Å²) in [5.41, 5.74) is 0. The van der Waals surface area contributed by atoms with Gasteiger partial charge in [-0.15, -0.1) is 0 Å². The van der Waals surface area contributed by atoms with Crippen LogP contribution < -0.4 is 5.32 Å². The fourth-order valence-corrected chi connectivity index (χ4v) is 1.95. The fourth-order valence-electron chi connectivity index (χ4n) is 1.49. The zero-order valence-corrected chi connectivity index (χ0v) is 10.7. The Hall–Kier alpha value is -0.650. The van der Waals surface area contributed by atoms with Gasteiger partial charge in [-0.05, 0) is 34.8 Å². The van der Waals surface area contributed by atoms with Gasteiger partial charge in [-0.3, -0.25) is 4.79 Å².